The fourth-order valence-electron chi connectivity index (χ4n) is 3.07. The van der Waals surface area contributed by atoms with E-state index >= 15 is 0 Å². The molecule has 2 atom stereocenters. The van der Waals surface area contributed by atoms with Gasteiger partial charge in [0.2, 0.25) is 5.91 Å². The summed E-state index contributed by atoms with van der Waals surface area (Å²) in [6.07, 6.45) is 6.10. The van der Waals surface area contributed by atoms with Gasteiger partial charge in [0.15, 0.2) is 0 Å². The van der Waals surface area contributed by atoms with E-state index in [0.717, 1.165) is 17.7 Å². The van der Waals surface area contributed by atoms with Crippen LogP contribution < -0.4 is 10.1 Å². The van der Waals surface area contributed by atoms with E-state index in [4.69, 9.17) is 4.74 Å². The Bertz CT molecular complexity index is 845. The number of nitrogens with one attached hydrogen (secondary N) is 1. The van der Waals surface area contributed by atoms with E-state index < -0.39 is 0 Å². The lowest BCUT2D eigenvalue weighted by Gasteiger charge is -2.08. The SMILES string of the molecule is O=C(Cn1ccnc1)N[C@H]1C[C@@H]1c1ccc(OCc2ccccc2)cc1. The minimum Gasteiger partial charge on any atom is -0.489 e. The molecule has 0 spiro atoms. The van der Waals surface area contributed by atoms with E-state index in [2.05, 4.69) is 34.6 Å². The summed E-state index contributed by atoms with van der Waals surface area (Å²) in [5, 5.41) is 3.08. The second-order valence-electron chi connectivity index (χ2n) is 6.59. The first kappa shape index (κ1) is 16.4. The third kappa shape index (κ3) is 4.11. The molecule has 0 saturated heterocycles. The minimum atomic E-state index is 0.0262. The number of aromatic nitrogens is 2. The maximum absolute atomic E-state index is 12.0. The summed E-state index contributed by atoms with van der Waals surface area (Å²) in [6, 6.07) is 18.5. The number of carbonyl (C=O) groups excluding carboxylic acids is 1. The Balaban J connectivity index is 1.26. The van der Waals surface area contributed by atoms with Gasteiger partial charge in [-0.25, -0.2) is 4.98 Å². The van der Waals surface area contributed by atoms with Crippen molar-refractivity contribution in [1.29, 1.82) is 0 Å². The molecule has 1 aliphatic carbocycles. The van der Waals surface area contributed by atoms with Crippen LogP contribution in [0.1, 0.15) is 23.5 Å². The Kier molecular flexibility index (Phi) is 4.69. The third-order valence-corrected chi connectivity index (χ3v) is 4.58. The minimum absolute atomic E-state index is 0.0262. The Morgan fingerprint density at radius 2 is 1.96 bits per heavy atom. The van der Waals surface area contributed by atoms with Gasteiger partial charge >= 0.3 is 0 Å². The fourth-order valence-corrected chi connectivity index (χ4v) is 3.07. The molecule has 132 valence electrons. The Morgan fingerprint density at radius 1 is 1.15 bits per heavy atom. The molecule has 3 aromatic rings. The first-order chi connectivity index (χ1) is 12.8. The molecule has 4 rings (SSSR count). The molecule has 1 heterocycles. The average molecular weight is 347 g/mol. The maximum Gasteiger partial charge on any atom is 0.240 e. The summed E-state index contributed by atoms with van der Waals surface area (Å²) in [6.45, 7) is 0.881. The molecule has 1 N–H and O–H groups in total. The molecule has 0 bridgehead atoms. The van der Waals surface area contributed by atoms with Gasteiger partial charge in [-0.1, -0.05) is 42.5 Å². The van der Waals surface area contributed by atoms with Crippen molar-refractivity contribution in [3.05, 3.63) is 84.4 Å². The number of rotatable bonds is 7. The summed E-state index contributed by atoms with van der Waals surface area (Å²) in [4.78, 5) is 16.0. The molecule has 1 amide bonds. The zero-order chi connectivity index (χ0) is 17.8. The monoisotopic (exact) mass is 347 g/mol. The van der Waals surface area contributed by atoms with Crippen molar-refractivity contribution in [2.45, 2.75) is 31.5 Å². The number of nitrogens with zero attached hydrogens (tertiary/aromatic N) is 2. The van der Waals surface area contributed by atoms with E-state index in [1.165, 1.54) is 5.56 Å². The van der Waals surface area contributed by atoms with Gasteiger partial charge in [-0.15, -0.1) is 0 Å². The molecule has 26 heavy (non-hydrogen) atoms. The standard InChI is InChI=1S/C21H21N3O2/c25-21(13-24-11-10-22-15-24)23-20-12-19(20)17-6-8-18(9-7-17)26-14-16-4-2-1-3-5-16/h1-11,15,19-20H,12-14H2,(H,23,25)/t19-,20+/m1/s1. The van der Waals surface area contributed by atoms with Crippen LogP contribution in [-0.4, -0.2) is 21.5 Å². The summed E-state index contributed by atoms with van der Waals surface area (Å²) < 4.78 is 7.59. The molecule has 1 fully saturated rings. The Hall–Kier alpha value is -3.08. The van der Waals surface area contributed by atoms with E-state index in [-0.39, 0.29) is 11.9 Å². The highest BCUT2D eigenvalue weighted by Gasteiger charge is 2.39. The lowest BCUT2D eigenvalue weighted by atomic mass is 10.1. The first-order valence-electron chi connectivity index (χ1n) is 8.80. The zero-order valence-corrected chi connectivity index (χ0v) is 14.4. The molecule has 0 aliphatic heterocycles. The smallest absolute Gasteiger partial charge is 0.240 e. The first-order valence-corrected chi connectivity index (χ1v) is 8.80. The molecular weight excluding hydrogens is 326 g/mol. The number of carbonyl (C=O) groups is 1. The zero-order valence-electron chi connectivity index (χ0n) is 14.4. The Morgan fingerprint density at radius 3 is 2.69 bits per heavy atom. The van der Waals surface area contributed by atoms with Crippen molar-refractivity contribution in [3.63, 3.8) is 0 Å². The van der Waals surface area contributed by atoms with Crippen LogP contribution in [0.4, 0.5) is 0 Å². The number of benzene rings is 2. The Labute approximate surface area is 152 Å². The molecule has 5 heteroatoms. The summed E-state index contributed by atoms with van der Waals surface area (Å²) >= 11 is 0. The predicted octanol–water partition coefficient (Wildman–Crippen LogP) is 3.13. The van der Waals surface area contributed by atoms with Crippen molar-refractivity contribution in [2.75, 3.05) is 0 Å². The molecule has 0 unspecified atom stereocenters. The van der Waals surface area contributed by atoms with Crippen LogP contribution >= 0.6 is 0 Å². The quantitative estimate of drug-likeness (QED) is 0.714. The van der Waals surface area contributed by atoms with Crippen LogP contribution in [0.2, 0.25) is 0 Å². The van der Waals surface area contributed by atoms with Crippen LogP contribution in [0.15, 0.2) is 73.3 Å². The van der Waals surface area contributed by atoms with Crippen molar-refractivity contribution in [2.24, 2.45) is 0 Å². The van der Waals surface area contributed by atoms with E-state index in [9.17, 15) is 4.79 Å². The second kappa shape index (κ2) is 7.44. The number of hydrogen-bond donors (Lipinski definition) is 1. The molecule has 1 aliphatic rings. The second-order valence-corrected chi connectivity index (χ2v) is 6.59. The molecule has 2 aromatic carbocycles. The van der Waals surface area contributed by atoms with Crippen LogP contribution in [0.25, 0.3) is 0 Å². The fraction of sp³-hybridized carbons (Fsp3) is 0.238. The van der Waals surface area contributed by atoms with E-state index in [1.807, 2.05) is 30.3 Å². The van der Waals surface area contributed by atoms with Gasteiger partial charge in [0.05, 0.1) is 6.33 Å². The van der Waals surface area contributed by atoms with Crippen LogP contribution in [0.3, 0.4) is 0 Å². The lowest BCUT2D eigenvalue weighted by molar-refractivity contribution is -0.121. The van der Waals surface area contributed by atoms with Gasteiger partial charge in [0.1, 0.15) is 18.9 Å². The number of amides is 1. The molecule has 0 radical (unpaired) electrons. The summed E-state index contributed by atoms with van der Waals surface area (Å²) in [7, 11) is 0. The number of hydrogen-bond acceptors (Lipinski definition) is 3. The third-order valence-electron chi connectivity index (χ3n) is 4.58. The lowest BCUT2D eigenvalue weighted by Crippen LogP contribution is -2.29. The van der Waals surface area contributed by atoms with Gasteiger partial charge in [0.25, 0.3) is 0 Å². The van der Waals surface area contributed by atoms with Gasteiger partial charge in [-0.05, 0) is 29.7 Å². The van der Waals surface area contributed by atoms with Crippen molar-refractivity contribution < 1.29 is 9.53 Å². The van der Waals surface area contributed by atoms with Gasteiger partial charge in [-0.3, -0.25) is 4.79 Å². The van der Waals surface area contributed by atoms with Crippen LogP contribution in [0, 0.1) is 0 Å². The molecular formula is C21H21N3O2. The van der Waals surface area contributed by atoms with Crippen molar-refractivity contribution in [3.8, 4) is 5.75 Å². The van der Waals surface area contributed by atoms with Gasteiger partial charge in [0, 0.05) is 24.4 Å². The van der Waals surface area contributed by atoms with E-state index in [1.54, 1.807) is 23.3 Å². The highest BCUT2D eigenvalue weighted by molar-refractivity contribution is 5.76. The highest BCUT2D eigenvalue weighted by atomic mass is 16.5. The predicted molar refractivity (Wildman–Crippen MR) is 98.7 cm³/mol. The van der Waals surface area contributed by atoms with Gasteiger partial charge in [-0.2, -0.15) is 0 Å². The maximum atomic E-state index is 12.0. The van der Waals surface area contributed by atoms with Crippen LogP contribution in [0.5, 0.6) is 5.75 Å². The van der Waals surface area contributed by atoms with Crippen molar-refractivity contribution >= 4 is 5.91 Å². The van der Waals surface area contributed by atoms with Crippen LogP contribution in [-0.2, 0) is 17.9 Å². The molecule has 1 aromatic heterocycles. The summed E-state index contributed by atoms with van der Waals surface area (Å²) in [5.74, 6) is 1.28. The largest absolute Gasteiger partial charge is 0.489 e. The van der Waals surface area contributed by atoms with E-state index in [0.29, 0.717) is 19.1 Å². The molecule has 1 saturated carbocycles. The highest BCUT2D eigenvalue weighted by Crippen LogP contribution is 2.41. The van der Waals surface area contributed by atoms with Gasteiger partial charge < -0.3 is 14.6 Å². The van der Waals surface area contributed by atoms with Crippen molar-refractivity contribution in [1.82, 2.24) is 14.9 Å². The molecule has 5 nitrogen and oxygen atoms in total. The number of imidazole rings is 1. The summed E-state index contributed by atoms with van der Waals surface area (Å²) in [5.41, 5.74) is 2.39. The average Bonchev–Trinajstić information content (AvgIpc) is 3.23. The number of ether oxygens (including phenoxy) is 1. The normalized spacial score (nSPS) is 18.3. The topological polar surface area (TPSA) is 56.2 Å².